The van der Waals surface area contributed by atoms with Gasteiger partial charge in [-0.2, -0.15) is 0 Å². The highest BCUT2D eigenvalue weighted by Gasteiger charge is 2.24. The van der Waals surface area contributed by atoms with Gasteiger partial charge in [-0.05, 0) is 48.4 Å². The molecule has 16 heavy (non-hydrogen) atoms. The van der Waals surface area contributed by atoms with Crippen LogP contribution in [-0.4, -0.2) is 18.9 Å². The molecule has 0 bridgehead atoms. The molecule has 0 saturated carbocycles. The summed E-state index contributed by atoms with van der Waals surface area (Å²) in [6, 6.07) is 5.21. The summed E-state index contributed by atoms with van der Waals surface area (Å²) in [7, 11) is 0. The molecule has 0 spiro atoms. The van der Waals surface area contributed by atoms with Crippen molar-refractivity contribution in [3.8, 4) is 0 Å². The molecule has 0 aromatic heterocycles. The number of hydrogen-bond acceptors (Lipinski definition) is 2. The molecule has 0 saturated heterocycles. The molecule has 0 radical (unpaired) electrons. The Bertz CT molecular complexity index is 440. The lowest BCUT2D eigenvalue weighted by atomic mass is 9.95. The van der Waals surface area contributed by atoms with Crippen LogP contribution in [0.25, 0.3) is 0 Å². The minimum absolute atomic E-state index is 0.112. The van der Waals surface area contributed by atoms with E-state index in [1.54, 1.807) is 12.1 Å². The van der Waals surface area contributed by atoms with E-state index in [4.69, 9.17) is 0 Å². The van der Waals surface area contributed by atoms with Crippen molar-refractivity contribution in [2.75, 3.05) is 13.2 Å². The molecule has 1 aromatic rings. The maximum absolute atomic E-state index is 13.1. The van der Waals surface area contributed by atoms with Gasteiger partial charge in [0.25, 0.3) is 0 Å². The smallest absolute Gasteiger partial charge is 0.123 e. The highest BCUT2D eigenvalue weighted by atomic mass is 19.1. The molecule has 2 aliphatic rings. The zero-order chi connectivity index (χ0) is 11.0. The highest BCUT2D eigenvalue weighted by Crippen LogP contribution is 2.36. The summed E-state index contributed by atoms with van der Waals surface area (Å²) in [5, 5.41) is 3.22. The fraction of sp³-hybridized carbons (Fsp3) is 0.462. The average Bonchev–Trinajstić information content (AvgIpc) is 2.89. The van der Waals surface area contributed by atoms with Crippen molar-refractivity contribution in [1.82, 2.24) is 5.32 Å². The molecule has 1 aromatic carbocycles. The molecule has 2 nitrogen and oxygen atoms in total. The van der Waals surface area contributed by atoms with Crippen LogP contribution >= 0.6 is 0 Å². The first kappa shape index (κ1) is 9.97. The second-order valence-electron chi connectivity index (χ2n) is 4.59. The van der Waals surface area contributed by atoms with Crippen molar-refractivity contribution >= 4 is 5.71 Å². The quantitative estimate of drug-likeness (QED) is 0.809. The number of benzene rings is 1. The van der Waals surface area contributed by atoms with Crippen molar-refractivity contribution in [2.45, 2.75) is 25.2 Å². The van der Waals surface area contributed by atoms with E-state index < -0.39 is 0 Å². The SMILES string of the molecule is Fc1ccc2c(c1)CC[C@@H]2CC1=NCNC1. The van der Waals surface area contributed by atoms with E-state index >= 15 is 0 Å². The maximum Gasteiger partial charge on any atom is 0.123 e. The maximum atomic E-state index is 13.1. The van der Waals surface area contributed by atoms with Gasteiger partial charge in [0, 0.05) is 12.3 Å². The van der Waals surface area contributed by atoms with Crippen molar-refractivity contribution in [3.63, 3.8) is 0 Å². The molecular formula is C13H15FN2. The molecule has 0 unspecified atom stereocenters. The summed E-state index contributed by atoms with van der Waals surface area (Å²) >= 11 is 0. The molecule has 1 atom stereocenters. The molecular weight excluding hydrogens is 203 g/mol. The summed E-state index contributed by atoms with van der Waals surface area (Å²) in [5.74, 6) is 0.438. The lowest BCUT2D eigenvalue weighted by Crippen LogP contribution is -2.14. The van der Waals surface area contributed by atoms with Crippen molar-refractivity contribution in [3.05, 3.63) is 35.1 Å². The predicted molar refractivity (Wildman–Crippen MR) is 62.4 cm³/mol. The number of fused-ring (bicyclic) bond motifs is 1. The van der Waals surface area contributed by atoms with Crippen molar-refractivity contribution in [1.29, 1.82) is 0 Å². The van der Waals surface area contributed by atoms with E-state index in [9.17, 15) is 4.39 Å². The van der Waals surface area contributed by atoms with E-state index in [-0.39, 0.29) is 5.82 Å². The average molecular weight is 218 g/mol. The van der Waals surface area contributed by atoms with Gasteiger partial charge in [0.1, 0.15) is 5.82 Å². The molecule has 1 aliphatic carbocycles. The van der Waals surface area contributed by atoms with Gasteiger partial charge in [-0.15, -0.1) is 0 Å². The summed E-state index contributed by atoms with van der Waals surface area (Å²) in [6.07, 6.45) is 3.18. The minimum atomic E-state index is -0.112. The molecule has 3 rings (SSSR count). The van der Waals surface area contributed by atoms with Gasteiger partial charge in [0.15, 0.2) is 0 Å². The molecule has 1 N–H and O–H groups in total. The van der Waals surface area contributed by atoms with Crippen LogP contribution in [0.15, 0.2) is 23.2 Å². The molecule has 1 heterocycles. The van der Waals surface area contributed by atoms with Crippen LogP contribution in [0.1, 0.15) is 29.9 Å². The molecule has 1 aliphatic heterocycles. The number of aliphatic imine (C=N–C) groups is 1. The zero-order valence-electron chi connectivity index (χ0n) is 9.17. The number of rotatable bonds is 2. The number of aryl methyl sites for hydroxylation is 1. The Morgan fingerprint density at radius 1 is 1.44 bits per heavy atom. The summed E-state index contributed by atoms with van der Waals surface area (Å²) in [4.78, 5) is 4.42. The van der Waals surface area contributed by atoms with Crippen molar-refractivity contribution in [2.24, 2.45) is 4.99 Å². The second kappa shape index (κ2) is 3.98. The Morgan fingerprint density at radius 3 is 3.19 bits per heavy atom. The third-order valence-electron chi connectivity index (χ3n) is 3.53. The zero-order valence-corrected chi connectivity index (χ0v) is 9.17. The van der Waals surface area contributed by atoms with E-state index in [2.05, 4.69) is 10.3 Å². The van der Waals surface area contributed by atoms with E-state index in [1.807, 2.05) is 6.07 Å². The fourth-order valence-electron chi connectivity index (χ4n) is 2.73. The normalized spacial score (nSPS) is 23.3. The van der Waals surface area contributed by atoms with Gasteiger partial charge in [0.05, 0.1) is 6.67 Å². The molecule has 3 heteroatoms. The lowest BCUT2D eigenvalue weighted by molar-refractivity contribution is 0.625. The predicted octanol–water partition coefficient (Wildman–Crippen LogP) is 2.25. The van der Waals surface area contributed by atoms with Crippen LogP contribution in [0.4, 0.5) is 4.39 Å². The van der Waals surface area contributed by atoms with Gasteiger partial charge in [-0.25, -0.2) is 4.39 Å². The van der Waals surface area contributed by atoms with Gasteiger partial charge >= 0.3 is 0 Å². The number of hydrogen-bond donors (Lipinski definition) is 1. The first-order valence-corrected chi connectivity index (χ1v) is 5.84. The number of nitrogens with zero attached hydrogens (tertiary/aromatic N) is 1. The van der Waals surface area contributed by atoms with Crippen LogP contribution in [0.2, 0.25) is 0 Å². The van der Waals surface area contributed by atoms with Gasteiger partial charge in [0.2, 0.25) is 0 Å². The summed E-state index contributed by atoms with van der Waals surface area (Å²) < 4.78 is 13.1. The fourth-order valence-corrected chi connectivity index (χ4v) is 2.73. The number of halogens is 1. The Hall–Kier alpha value is -1.22. The third-order valence-corrected chi connectivity index (χ3v) is 3.53. The minimum Gasteiger partial charge on any atom is -0.293 e. The molecule has 84 valence electrons. The Balaban J connectivity index is 1.80. The molecule has 0 fully saturated rings. The second-order valence-corrected chi connectivity index (χ2v) is 4.59. The third kappa shape index (κ3) is 1.76. The topological polar surface area (TPSA) is 24.4 Å². The van der Waals surface area contributed by atoms with E-state index in [0.717, 1.165) is 32.5 Å². The Labute approximate surface area is 94.6 Å². The largest absolute Gasteiger partial charge is 0.293 e. The molecule has 0 amide bonds. The first-order valence-electron chi connectivity index (χ1n) is 5.84. The van der Waals surface area contributed by atoms with E-state index in [1.165, 1.54) is 16.8 Å². The van der Waals surface area contributed by atoms with Gasteiger partial charge < -0.3 is 0 Å². The van der Waals surface area contributed by atoms with Crippen LogP contribution in [0.5, 0.6) is 0 Å². The Morgan fingerprint density at radius 2 is 2.38 bits per heavy atom. The monoisotopic (exact) mass is 218 g/mol. The van der Waals surface area contributed by atoms with E-state index in [0.29, 0.717) is 5.92 Å². The van der Waals surface area contributed by atoms with Crippen molar-refractivity contribution < 1.29 is 4.39 Å². The lowest BCUT2D eigenvalue weighted by Gasteiger charge is -2.11. The van der Waals surface area contributed by atoms with Crippen LogP contribution < -0.4 is 5.32 Å². The summed E-state index contributed by atoms with van der Waals surface area (Å²) in [5.41, 5.74) is 3.79. The summed E-state index contributed by atoms with van der Waals surface area (Å²) in [6.45, 7) is 1.69. The Kier molecular flexibility index (Phi) is 2.48. The van der Waals surface area contributed by atoms with Gasteiger partial charge in [-0.3, -0.25) is 10.3 Å². The first-order chi connectivity index (χ1) is 7.83. The number of nitrogens with one attached hydrogen (secondary N) is 1. The standard InChI is InChI=1S/C13H15FN2/c14-11-3-4-13-9(5-11)1-2-10(13)6-12-7-15-8-16-12/h3-5,10,15H,1-2,6-8H2/t10-/m1/s1. The van der Waals surface area contributed by atoms with Crippen LogP contribution in [0.3, 0.4) is 0 Å². The van der Waals surface area contributed by atoms with Gasteiger partial charge in [-0.1, -0.05) is 6.07 Å². The van der Waals surface area contributed by atoms with Crippen LogP contribution in [-0.2, 0) is 6.42 Å². The highest BCUT2D eigenvalue weighted by molar-refractivity contribution is 5.88. The van der Waals surface area contributed by atoms with Crippen LogP contribution in [0, 0.1) is 5.82 Å².